The number of nitrogens with zero attached hydrogens (tertiary/aromatic N) is 1. The van der Waals surface area contributed by atoms with Crippen molar-refractivity contribution in [3.63, 3.8) is 0 Å². The molecular formula is C15H19BrN2O3. The van der Waals surface area contributed by atoms with E-state index in [0.29, 0.717) is 17.4 Å². The zero-order chi connectivity index (χ0) is 15.6. The van der Waals surface area contributed by atoms with Crippen LogP contribution in [0.1, 0.15) is 43.5 Å². The van der Waals surface area contributed by atoms with Gasteiger partial charge in [-0.1, -0.05) is 19.9 Å². The van der Waals surface area contributed by atoms with Crippen molar-refractivity contribution < 1.29 is 9.72 Å². The zero-order valence-corrected chi connectivity index (χ0v) is 13.7. The van der Waals surface area contributed by atoms with Gasteiger partial charge in [-0.05, 0) is 53.1 Å². The fourth-order valence-corrected chi connectivity index (χ4v) is 3.75. The van der Waals surface area contributed by atoms with E-state index < -0.39 is 4.92 Å². The van der Waals surface area contributed by atoms with E-state index in [-0.39, 0.29) is 22.1 Å². The molecule has 1 N–H and O–H groups in total. The molecule has 0 spiro atoms. The summed E-state index contributed by atoms with van der Waals surface area (Å²) in [5.74, 6) is 0.928. The molecule has 0 saturated heterocycles. The predicted octanol–water partition coefficient (Wildman–Crippen LogP) is 3.91. The van der Waals surface area contributed by atoms with Crippen LogP contribution < -0.4 is 5.32 Å². The maximum atomic E-state index is 12.4. The Bertz CT molecular complexity index is 552. The molecule has 2 atom stereocenters. The van der Waals surface area contributed by atoms with Gasteiger partial charge < -0.3 is 5.32 Å². The number of halogens is 1. The maximum absolute atomic E-state index is 12.4. The largest absolute Gasteiger partial charge is 0.349 e. The number of nitro benzene ring substituents is 1. The lowest BCUT2D eigenvalue weighted by atomic mass is 9.80. The molecule has 0 aromatic heterocycles. The van der Waals surface area contributed by atoms with Gasteiger partial charge in [-0.15, -0.1) is 0 Å². The van der Waals surface area contributed by atoms with Crippen molar-refractivity contribution in [3.05, 3.63) is 38.3 Å². The lowest BCUT2D eigenvalue weighted by Gasteiger charge is -2.32. The highest BCUT2D eigenvalue weighted by Crippen LogP contribution is 2.30. The van der Waals surface area contributed by atoms with E-state index in [4.69, 9.17) is 0 Å². The lowest BCUT2D eigenvalue weighted by molar-refractivity contribution is -0.385. The van der Waals surface area contributed by atoms with E-state index in [1.807, 2.05) is 0 Å². The summed E-state index contributed by atoms with van der Waals surface area (Å²) < 4.78 is 0.240. The molecule has 1 saturated carbocycles. The first-order valence-corrected chi connectivity index (χ1v) is 7.91. The Hall–Kier alpha value is -1.43. The van der Waals surface area contributed by atoms with Crippen LogP contribution in [0.25, 0.3) is 0 Å². The molecular weight excluding hydrogens is 336 g/mol. The van der Waals surface area contributed by atoms with Gasteiger partial charge >= 0.3 is 0 Å². The second kappa shape index (κ2) is 6.56. The van der Waals surface area contributed by atoms with E-state index >= 15 is 0 Å². The maximum Gasteiger partial charge on any atom is 0.284 e. The average molecular weight is 355 g/mol. The van der Waals surface area contributed by atoms with E-state index in [2.05, 4.69) is 35.1 Å². The first-order chi connectivity index (χ1) is 9.88. The number of amides is 1. The summed E-state index contributed by atoms with van der Waals surface area (Å²) in [4.78, 5) is 22.8. The molecule has 6 heteroatoms. The highest BCUT2D eigenvalue weighted by Gasteiger charge is 2.27. The van der Waals surface area contributed by atoms with Crippen molar-refractivity contribution in [3.8, 4) is 0 Å². The summed E-state index contributed by atoms with van der Waals surface area (Å²) in [5, 5.41) is 13.9. The molecule has 0 aliphatic heterocycles. The molecule has 21 heavy (non-hydrogen) atoms. The Kier molecular flexibility index (Phi) is 4.98. The fraction of sp³-hybridized carbons (Fsp3) is 0.533. The standard InChI is InChI=1S/C15H19BrN2O3/c1-9-6-10(2)8-11(7-9)17-15(19)12-4-3-5-13(14(12)16)18(20)21/h3-5,9-11H,6-8H2,1-2H3,(H,17,19). The molecule has 0 bridgehead atoms. The molecule has 1 aromatic carbocycles. The van der Waals surface area contributed by atoms with Crippen molar-refractivity contribution >= 4 is 27.5 Å². The normalized spacial score (nSPS) is 25.4. The average Bonchev–Trinajstić information content (AvgIpc) is 2.37. The Labute approximate surface area is 132 Å². The summed E-state index contributed by atoms with van der Waals surface area (Å²) in [7, 11) is 0. The molecule has 5 nitrogen and oxygen atoms in total. The van der Waals surface area contributed by atoms with E-state index in [0.717, 1.165) is 12.8 Å². The smallest absolute Gasteiger partial charge is 0.284 e. The van der Waals surface area contributed by atoms with E-state index in [9.17, 15) is 14.9 Å². The summed E-state index contributed by atoms with van der Waals surface area (Å²) in [5.41, 5.74) is 0.225. The van der Waals surface area contributed by atoms with Crippen molar-refractivity contribution in [2.24, 2.45) is 11.8 Å². The highest BCUT2D eigenvalue weighted by atomic mass is 79.9. The van der Waals surface area contributed by atoms with Gasteiger partial charge in [0.05, 0.1) is 10.5 Å². The quantitative estimate of drug-likeness (QED) is 0.660. The van der Waals surface area contributed by atoms with Gasteiger partial charge in [-0.25, -0.2) is 0 Å². The predicted molar refractivity (Wildman–Crippen MR) is 84.2 cm³/mol. The first kappa shape index (κ1) is 15.9. The number of carbonyl (C=O) groups is 1. The third-order valence-electron chi connectivity index (χ3n) is 3.93. The number of hydrogen-bond acceptors (Lipinski definition) is 3. The molecule has 2 rings (SSSR count). The molecule has 2 unspecified atom stereocenters. The van der Waals surface area contributed by atoms with Gasteiger partial charge in [0, 0.05) is 12.1 Å². The van der Waals surface area contributed by atoms with Crippen molar-refractivity contribution in [2.75, 3.05) is 0 Å². The van der Waals surface area contributed by atoms with Crippen LogP contribution in [0.5, 0.6) is 0 Å². The summed E-state index contributed by atoms with van der Waals surface area (Å²) in [6.07, 6.45) is 3.11. The van der Waals surface area contributed by atoms with Crippen LogP contribution in [-0.4, -0.2) is 16.9 Å². The van der Waals surface area contributed by atoms with Crippen LogP contribution >= 0.6 is 15.9 Å². The highest BCUT2D eigenvalue weighted by molar-refractivity contribution is 9.10. The minimum absolute atomic E-state index is 0.0898. The number of hydrogen-bond donors (Lipinski definition) is 1. The van der Waals surface area contributed by atoms with E-state index in [1.54, 1.807) is 6.07 Å². The van der Waals surface area contributed by atoms with Gasteiger partial charge in [-0.2, -0.15) is 0 Å². The monoisotopic (exact) mass is 354 g/mol. The van der Waals surface area contributed by atoms with Gasteiger partial charge in [0.2, 0.25) is 0 Å². The number of benzene rings is 1. The molecule has 1 fully saturated rings. The van der Waals surface area contributed by atoms with Crippen LogP contribution in [0.3, 0.4) is 0 Å². The number of carbonyl (C=O) groups excluding carboxylic acids is 1. The fourth-order valence-electron chi connectivity index (χ4n) is 3.16. The number of nitrogens with one attached hydrogen (secondary N) is 1. The van der Waals surface area contributed by atoms with Crippen LogP contribution in [0, 0.1) is 22.0 Å². The first-order valence-electron chi connectivity index (χ1n) is 7.12. The Morgan fingerprint density at radius 1 is 1.29 bits per heavy atom. The van der Waals surface area contributed by atoms with Gasteiger partial charge in [0.15, 0.2) is 0 Å². The topological polar surface area (TPSA) is 72.2 Å². The molecule has 1 aliphatic rings. The summed E-state index contributed by atoms with van der Waals surface area (Å²) in [6.45, 7) is 4.39. The second-order valence-electron chi connectivity index (χ2n) is 5.98. The van der Waals surface area contributed by atoms with Crippen molar-refractivity contribution in [1.82, 2.24) is 5.32 Å². The SMILES string of the molecule is CC1CC(C)CC(NC(=O)c2cccc([N+](=O)[O-])c2Br)C1. The molecule has 0 radical (unpaired) electrons. The summed E-state index contributed by atoms with van der Waals surface area (Å²) >= 11 is 3.17. The Balaban J connectivity index is 2.14. The summed E-state index contributed by atoms with van der Waals surface area (Å²) in [6, 6.07) is 4.65. The van der Waals surface area contributed by atoms with Gasteiger partial charge in [-0.3, -0.25) is 14.9 Å². The van der Waals surface area contributed by atoms with Crippen LogP contribution in [0.4, 0.5) is 5.69 Å². The Morgan fingerprint density at radius 3 is 2.48 bits per heavy atom. The molecule has 114 valence electrons. The molecule has 1 aliphatic carbocycles. The molecule has 1 amide bonds. The minimum atomic E-state index is -0.494. The molecule has 1 aromatic rings. The van der Waals surface area contributed by atoms with Crippen molar-refractivity contribution in [2.45, 2.75) is 39.2 Å². The number of nitro groups is 1. The van der Waals surface area contributed by atoms with Gasteiger partial charge in [0.25, 0.3) is 11.6 Å². The lowest BCUT2D eigenvalue weighted by Crippen LogP contribution is -2.40. The zero-order valence-electron chi connectivity index (χ0n) is 12.1. The Morgan fingerprint density at radius 2 is 1.90 bits per heavy atom. The van der Waals surface area contributed by atoms with Gasteiger partial charge in [0.1, 0.15) is 4.47 Å². The molecule has 0 heterocycles. The third kappa shape index (κ3) is 3.81. The van der Waals surface area contributed by atoms with Crippen molar-refractivity contribution in [1.29, 1.82) is 0 Å². The minimum Gasteiger partial charge on any atom is -0.349 e. The van der Waals surface area contributed by atoms with Crippen LogP contribution in [-0.2, 0) is 0 Å². The van der Waals surface area contributed by atoms with E-state index in [1.165, 1.54) is 18.6 Å². The second-order valence-corrected chi connectivity index (χ2v) is 6.78. The third-order valence-corrected chi connectivity index (χ3v) is 4.77. The number of rotatable bonds is 3. The van der Waals surface area contributed by atoms with Crippen LogP contribution in [0.2, 0.25) is 0 Å². The van der Waals surface area contributed by atoms with Crippen LogP contribution in [0.15, 0.2) is 22.7 Å².